The lowest BCUT2D eigenvalue weighted by Gasteiger charge is -2.54. The SMILES string of the molecule is O=C(NCCc1ccc(O)cc1)[C@@H]1Cc2cc([N+](=O)[O-])ccc2N2CC3CC(Cn4c3cccc4=O)[C@@H]12. The number of aromatic hydroxyl groups is 1. The van der Waals surface area contributed by atoms with Crippen molar-refractivity contribution < 1.29 is 14.8 Å². The first-order chi connectivity index (χ1) is 17.9. The van der Waals surface area contributed by atoms with E-state index < -0.39 is 4.92 Å². The smallest absolute Gasteiger partial charge is 0.269 e. The normalized spacial score (nSPS) is 23.4. The van der Waals surface area contributed by atoms with E-state index >= 15 is 0 Å². The van der Waals surface area contributed by atoms with E-state index in [0.29, 0.717) is 32.5 Å². The predicted octanol–water partition coefficient (Wildman–Crippen LogP) is 2.99. The predicted molar refractivity (Wildman–Crippen MR) is 138 cm³/mol. The van der Waals surface area contributed by atoms with Gasteiger partial charge < -0.3 is 19.9 Å². The molecule has 190 valence electrons. The van der Waals surface area contributed by atoms with E-state index in [1.165, 1.54) is 6.07 Å². The van der Waals surface area contributed by atoms with E-state index in [4.69, 9.17) is 0 Å². The van der Waals surface area contributed by atoms with Crippen molar-refractivity contribution >= 4 is 17.3 Å². The number of pyridine rings is 1. The fourth-order valence-electron chi connectivity index (χ4n) is 6.58. The van der Waals surface area contributed by atoms with Crippen molar-refractivity contribution in [1.29, 1.82) is 0 Å². The second-order valence-corrected chi connectivity index (χ2v) is 10.3. The molecule has 4 heterocycles. The lowest BCUT2D eigenvalue weighted by molar-refractivity contribution is -0.384. The number of anilines is 1. The average molecular weight is 501 g/mol. The Morgan fingerprint density at radius 1 is 1.11 bits per heavy atom. The Hall–Kier alpha value is -4.14. The van der Waals surface area contributed by atoms with Crippen LogP contribution in [0.1, 0.15) is 29.2 Å². The number of rotatable bonds is 5. The fraction of sp³-hybridized carbons (Fsp3) is 0.357. The molecule has 6 rings (SSSR count). The van der Waals surface area contributed by atoms with Crippen molar-refractivity contribution in [3.63, 3.8) is 0 Å². The maximum Gasteiger partial charge on any atom is 0.269 e. The summed E-state index contributed by atoms with van der Waals surface area (Å²) in [5.74, 6) is 0.00854. The number of fused-ring (bicyclic) bond motifs is 8. The van der Waals surface area contributed by atoms with Gasteiger partial charge in [-0.15, -0.1) is 0 Å². The third kappa shape index (κ3) is 4.14. The van der Waals surface area contributed by atoms with Crippen LogP contribution in [-0.2, 0) is 24.2 Å². The molecule has 1 amide bonds. The Bertz CT molecular complexity index is 1430. The quantitative estimate of drug-likeness (QED) is 0.411. The highest BCUT2D eigenvalue weighted by atomic mass is 16.6. The van der Waals surface area contributed by atoms with Crippen LogP contribution in [-0.4, -0.2) is 39.6 Å². The summed E-state index contributed by atoms with van der Waals surface area (Å²) in [7, 11) is 0. The molecule has 37 heavy (non-hydrogen) atoms. The van der Waals surface area contributed by atoms with Crippen LogP contribution in [0.15, 0.2) is 65.5 Å². The molecule has 0 radical (unpaired) electrons. The zero-order valence-electron chi connectivity index (χ0n) is 20.2. The van der Waals surface area contributed by atoms with Crippen molar-refractivity contribution in [3.05, 3.63) is 98.0 Å². The van der Waals surface area contributed by atoms with Gasteiger partial charge in [-0.3, -0.25) is 19.7 Å². The van der Waals surface area contributed by atoms with Gasteiger partial charge >= 0.3 is 0 Å². The van der Waals surface area contributed by atoms with Crippen molar-refractivity contribution in [2.45, 2.75) is 37.8 Å². The molecule has 3 aromatic rings. The van der Waals surface area contributed by atoms with Crippen LogP contribution >= 0.6 is 0 Å². The number of phenols is 1. The summed E-state index contributed by atoms with van der Waals surface area (Å²) in [6, 6.07) is 17.2. The summed E-state index contributed by atoms with van der Waals surface area (Å²) in [5.41, 5.74) is 3.80. The number of nitrogens with zero attached hydrogens (tertiary/aromatic N) is 3. The Labute approximate surface area is 213 Å². The molecule has 9 heteroatoms. The van der Waals surface area contributed by atoms with E-state index in [9.17, 15) is 24.8 Å². The number of piperidine rings is 1. The highest BCUT2D eigenvalue weighted by Crippen LogP contribution is 2.47. The molecule has 1 aromatic heterocycles. The van der Waals surface area contributed by atoms with Crippen LogP contribution in [0.3, 0.4) is 0 Å². The number of aromatic nitrogens is 1. The first kappa shape index (κ1) is 23.3. The fourth-order valence-corrected chi connectivity index (χ4v) is 6.58. The van der Waals surface area contributed by atoms with Gasteiger partial charge in [0.2, 0.25) is 5.91 Å². The van der Waals surface area contributed by atoms with E-state index in [1.807, 2.05) is 28.8 Å². The van der Waals surface area contributed by atoms with Gasteiger partial charge in [0.05, 0.1) is 10.8 Å². The molecule has 3 aliphatic rings. The van der Waals surface area contributed by atoms with E-state index in [1.54, 1.807) is 30.3 Å². The van der Waals surface area contributed by atoms with Gasteiger partial charge in [0.15, 0.2) is 0 Å². The number of phenolic OH excluding ortho intramolecular Hbond substituents is 1. The number of hydrogen-bond donors (Lipinski definition) is 2. The summed E-state index contributed by atoms with van der Waals surface area (Å²) in [5, 5.41) is 24.1. The van der Waals surface area contributed by atoms with Crippen molar-refractivity contribution in [3.8, 4) is 5.75 Å². The number of nitro benzene ring substituents is 1. The second kappa shape index (κ2) is 9.06. The van der Waals surface area contributed by atoms with Gasteiger partial charge in [0, 0.05) is 61.2 Å². The number of nitro groups is 1. The standard InChI is InChI=1S/C28H28N4O5/c33-22-7-4-17(5-8-22)10-11-29-28(35)23-14-18-13-21(32(36)37)6-9-25(18)31-15-19-12-20(27(23)31)16-30-24(19)2-1-3-26(30)34/h1-9,13,19-20,23,27,33H,10-12,14-16H2,(H,29,35)/t19?,20?,23-,27+/m1/s1. The minimum atomic E-state index is -0.396. The summed E-state index contributed by atoms with van der Waals surface area (Å²) in [6.45, 7) is 1.67. The van der Waals surface area contributed by atoms with Crippen molar-refractivity contribution in [2.24, 2.45) is 11.8 Å². The molecule has 1 saturated heterocycles. The highest BCUT2D eigenvalue weighted by molar-refractivity contribution is 5.82. The number of benzene rings is 2. The van der Waals surface area contributed by atoms with Gasteiger partial charge in [-0.25, -0.2) is 0 Å². The topological polar surface area (TPSA) is 118 Å². The number of amides is 1. The van der Waals surface area contributed by atoms with Gasteiger partial charge in [0.1, 0.15) is 5.75 Å². The number of hydrogen-bond acceptors (Lipinski definition) is 6. The zero-order valence-corrected chi connectivity index (χ0v) is 20.2. The monoisotopic (exact) mass is 500 g/mol. The van der Waals surface area contributed by atoms with Gasteiger partial charge in [-0.1, -0.05) is 18.2 Å². The summed E-state index contributed by atoms with van der Waals surface area (Å²) in [6.07, 6.45) is 1.95. The molecule has 2 N–H and O–H groups in total. The van der Waals surface area contributed by atoms with Crippen molar-refractivity contribution in [1.82, 2.24) is 9.88 Å². The number of carbonyl (C=O) groups is 1. The molecule has 3 aliphatic heterocycles. The van der Waals surface area contributed by atoms with Crippen LogP contribution < -0.4 is 15.8 Å². The van der Waals surface area contributed by atoms with Crippen LogP contribution in [0.2, 0.25) is 0 Å². The molecule has 9 nitrogen and oxygen atoms in total. The lowest BCUT2D eigenvalue weighted by atomic mass is 9.70. The van der Waals surface area contributed by atoms with Gasteiger partial charge in [0.25, 0.3) is 11.2 Å². The molecule has 2 aromatic carbocycles. The zero-order chi connectivity index (χ0) is 25.7. The van der Waals surface area contributed by atoms with Gasteiger partial charge in [-0.2, -0.15) is 0 Å². The van der Waals surface area contributed by atoms with E-state index in [-0.39, 0.29) is 46.7 Å². The number of nitrogens with one attached hydrogen (secondary N) is 1. The summed E-state index contributed by atoms with van der Waals surface area (Å²) in [4.78, 5) is 39.6. The number of carbonyl (C=O) groups excluding carboxylic acids is 1. The maximum atomic E-state index is 13.6. The highest BCUT2D eigenvalue weighted by Gasteiger charge is 2.49. The minimum absolute atomic E-state index is 0.0117. The third-order valence-electron chi connectivity index (χ3n) is 8.19. The maximum absolute atomic E-state index is 13.6. The Morgan fingerprint density at radius 3 is 2.70 bits per heavy atom. The molecule has 2 bridgehead atoms. The Kier molecular flexibility index (Phi) is 5.70. The molecule has 1 fully saturated rings. The molecule has 0 spiro atoms. The van der Waals surface area contributed by atoms with Gasteiger partial charge in [-0.05, 0) is 60.6 Å². The molecule has 2 unspecified atom stereocenters. The third-order valence-corrected chi connectivity index (χ3v) is 8.19. The lowest BCUT2D eigenvalue weighted by Crippen LogP contribution is -2.61. The largest absolute Gasteiger partial charge is 0.508 e. The molecule has 0 saturated carbocycles. The van der Waals surface area contributed by atoms with Crippen LogP contribution in [0.4, 0.5) is 11.4 Å². The van der Waals surface area contributed by atoms with Crippen LogP contribution in [0, 0.1) is 22.0 Å². The molecule has 0 aliphatic carbocycles. The Balaban J connectivity index is 1.31. The van der Waals surface area contributed by atoms with Crippen LogP contribution in [0.25, 0.3) is 0 Å². The molecular weight excluding hydrogens is 472 g/mol. The van der Waals surface area contributed by atoms with E-state index in [0.717, 1.165) is 28.9 Å². The summed E-state index contributed by atoms with van der Waals surface area (Å²) >= 11 is 0. The minimum Gasteiger partial charge on any atom is -0.508 e. The van der Waals surface area contributed by atoms with Crippen LogP contribution in [0.5, 0.6) is 5.75 Å². The first-order valence-corrected chi connectivity index (χ1v) is 12.7. The van der Waals surface area contributed by atoms with Crippen molar-refractivity contribution in [2.75, 3.05) is 18.0 Å². The molecule has 4 atom stereocenters. The summed E-state index contributed by atoms with van der Waals surface area (Å²) < 4.78 is 1.86. The number of non-ortho nitro benzene ring substituents is 1. The van der Waals surface area contributed by atoms with E-state index in [2.05, 4.69) is 10.2 Å². The average Bonchev–Trinajstić information content (AvgIpc) is 2.89. The Morgan fingerprint density at radius 2 is 1.92 bits per heavy atom. The second-order valence-electron chi connectivity index (χ2n) is 10.3. The first-order valence-electron chi connectivity index (χ1n) is 12.7. The molecular formula is C28H28N4O5.